The Labute approximate surface area is 166 Å². The van der Waals surface area contributed by atoms with Crippen LogP contribution in [0.2, 0.25) is 0 Å². The SMILES string of the molecule is C[C@@H](Sc1nc2ccccc2c(=O)n1Cc1ccco1)C(=O)N1CCOCC1. The van der Waals surface area contributed by atoms with Crippen molar-refractivity contribution in [2.75, 3.05) is 26.3 Å². The van der Waals surface area contributed by atoms with Crippen LogP contribution in [-0.4, -0.2) is 51.9 Å². The number of carbonyl (C=O) groups excluding carboxylic acids is 1. The predicted molar refractivity (Wildman–Crippen MR) is 107 cm³/mol. The van der Waals surface area contributed by atoms with E-state index in [1.807, 2.05) is 31.2 Å². The van der Waals surface area contributed by atoms with Crippen molar-refractivity contribution in [1.29, 1.82) is 0 Å². The molecule has 1 fully saturated rings. The summed E-state index contributed by atoms with van der Waals surface area (Å²) >= 11 is 1.30. The van der Waals surface area contributed by atoms with Gasteiger partial charge in [0.05, 0.1) is 42.2 Å². The first-order valence-corrected chi connectivity index (χ1v) is 10.1. The molecule has 0 spiro atoms. The molecule has 7 nitrogen and oxygen atoms in total. The summed E-state index contributed by atoms with van der Waals surface area (Å²) in [6.45, 7) is 4.41. The van der Waals surface area contributed by atoms with Gasteiger partial charge in [-0.3, -0.25) is 14.2 Å². The van der Waals surface area contributed by atoms with Crippen LogP contribution in [0.3, 0.4) is 0 Å². The fourth-order valence-electron chi connectivity index (χ4n) is 3.18. The average Bonchev–Trinajstić information content (AvgIpc) is 3.24. The van der Waals surface area contributed by atoms with E-state index in [1.54, 1.807) is 27.9 Å². The largest absolute Gasteiger partial charge is 0.467 e. The van der Waals surface area contributed by atoms with Crippen molar-refractivity contribution in [3.05, 3.63) is 58.8 Å². The summed E-state index contributed by atoms with van der Waals surface area (Å²) in [6, 6.07) is 10.8. The third-order valence-corrected chi connectivity index (χ3v) is 5.75. The van der Waals surface area contributed by atoms with Gasteiger partial charge in [-0.25, -0.2) is 4.98 Å². The van der Waals surface area contributed by atoms with Gasteiger partial charge in [0.25, 0.3) is 5.56 Å². The zero-order valence-electron chi connectivity index (χ0n) is 15.5. The lowest BCUT2D eigenvalue weighted by molar-refractivity contribution is -0.134. The van der Waals surface area contributed by atoms with E-state index >= 15 is 0 Å². The Bertz CT molecular complexity index is 1030. The van der Waals surface area contributed by atoms with Crippen LogP contribution < -0.4 is 5.56 Å². The molecule has 1 aliphatic heterocycles. The Hall–Kier alpha value is -2.58. The van der Waals surface area contributed by atoms with Gasteiger partial charge in [-0.2, -0.15) is 0 Å². The number of thioether (sulfide) groups is 1. The van der Waals surface area contributed by atoms with Crippen LogP contribution in [0.5, 0.6) is 0 Å². The Morgan fingerprint density at radius 3 is 2.75 bits per heavy atom. The summed E-state index contributed by atoms with van der Waals surface area (Å²) in [4.78, 5) is 32.4. The van der Waals surface area contributed by atoms with Gasteiger partial charge >= 0.3 is 0 Å². The van der Waals surface area contributed by atoms with Gasteiger partial charge in [-0.05, 0) is 31.2 Å². The van der Waals surface area contributed by atoms with Crippen LogP contribution in [0.15, 0.2) is 57.0 Å². The minimum atomic E-state index is -0.367. The molecular weight excluding hydrogens is 378 g/mol. The molecular formula is C20H21N3O4S. The van der Waals surface area contributed by atoms with Gasteiger partial charge in [0.1, 0.15) is 5.76 Å². The van der Waals surface area contributed by atoms with Gasteiger partial charge in [-0.15, -0.1) is 0 Å². The highest BCUT2D eigenvalue weighted by Gasteiger charge is 2.25. The van der Waals surface area contributed by atoms with Crippen molar-refractivity contribution in [2.24, 2.45) is 0 Å². The van der Waals surface area contributed by atoms with E-state index in [9.17, 15) is 9.59 Å². The van der Waals surface area contributed by atoms with Crippen LogP contribution in [0, 0.1) is 0 Å². The van der Waals surface area contributed by atoms with E-state index in [2.05, 4.69) is 4.98 Å². The minimum absolute atomic E-state index is 0.0280. The lowest BCUT2D eigenvalue weighted by Crippen LogP contribution is -2.44. The van der Waals surface area contributed by atoms with Gasteiger partial charge in [0.15, 0.2) is 5.16 Å². The summed E-state index contributed by atoms with van der Waals surface area (Å²) in [6.07, 6.45) is 1.58. The molecule has 0 bridgehead atoms. The molecule has 1 atom stereocenters. The minimum Gasteiger partial charge on any atom is -0.467 e. The number of morpholine rings is 1. The first kappa shape index (κ1) is 18.8. The Morgan fingerprint density at radius 1 is 1.21 bits per heavy atom. The van der Waals surface area contributed by atoms with Crippen molar-refractivity contribution in [1.82, 2.24) is 14.5 Å². The summed E-state index contributed by atoms with van der Waals surface area (Å²) in [5, 5.41) is 0.689. The number of fused-ring (bicyclic) bond motifs is 1. The summed E-state index contributed by atoms with van der Waals surface area (Å²) in [5.74, 6) is 0.688. The molecule has 1 saturated heterocycles. The molecule has 0 aliphatic carbocycles. The maximum atomic E-state index is 13.1. The summed E-state index contributed by atoms with van der Waals surface area (Å²) < 4.78 is 12.3. The fourth-order valence-corrected chi connectivity index (χ4v) is 4.18. The van der Waals surface area contributed by atoms with Crippen molar-refractivity contribution < 1.29 is 13.9 Å². The topological polar surface area (TPSA) is 77.6 Å². The molecule has 0 saturated carbocycles. The second kappa shape index (κ2) is 8.20. The number of carbonyl (C=O) groups is 1. The number of amides is 1. The molecule has 146 valence electrons. The molecule has 0 unspecified atom stereocenters. The van der Waals surface area contributed by atoms with Crippen LogP contribution in [0.4, 0.5) is 0 Å². The van der Waals surface area contributed by atoms with E-state index in [1.165, 1.54) is 11.8 Å². The number of hydrogen-bond donors (Lipinski definition) is 0. The third kappa shape index (κ3) is 3.83. The second-order valence-electron chi connectivity index (χ2n) is 6.58. The Morgan fingerprint density at radius 2 is 2.00 bits per heavy atom. The molecule has 28 heavy (non-hydrogen) atoms. The highest BCUT2D eigenvalue weighted by molar-refractivity contribution is 8.00. The first-order valence-electron chi connectivity index (χ1n) is 9.18. The number of nitrogens with zero attached hydrogens (tertiary/aromatic N) is 3. The average molecular weight is 399 g/mol. The summed E-state index contributed by atoms with van der Waals surface area (Å²) in [7, 11) is 0. The molecule has 1 amide bonds. The molecule has 1 aliphatic rings. The maximum absolute atomic E-state index is 13.1. The van der Waals surface area contributed by atoms with E-state index in [0.717, 1.165) is 0 Å². The number of furan rings is 1. The molecule has 0 radical (unpaired) electrons. The van der Waals surface area contributed by atoms with Crippen LogP contribution in [0.1, 0.15) is 12.7 Å². The van der Waals surface area contributed by atoms with Crippen LogP contribution in [-0.2, 0) is 16.1 Å². The number of benzene rings is 1. The van der Waals surface area contributed by atoms with E-state index < -0.39 is 0 Å². The molecule has 8 heteroatoms. The predicted octanol–water partition coefficient (Wildman–Crippen LogP) is 2.38. The molecule has 3 aromatic rings. The number of rotatable bonds is 5. The van der Waals surface area contributed by atoms with Gasteiger partial charge in [0.2, 0.25) is 5.91 Å². The lowest BCUT2D eigenvalue weighted by atomic mass is 10.2. The second-order valence-corrected chi connectivity index (χ2v) is 7.89. The van der Waals surface area contributed by atoms with Gasteiger partial charge in [-0.1, -0.05) is 23.9 Å². The van der Waals surface area contributed by atoms with Crippen LogP contribution >= 0.6 is 11.8 Å². The third-order valence-electron chi connectivity index (χ3n) is 4.67. The molecule has 1 aromatic carbocycles. The zero-order valence-corrected chi connectivity index (χ0v) is 16.4. The first-order chi connectivity index (χ1) is 13.6. The zero-order chi connectivity index (χ0) is 19.5. The van der Waals surface area contributed by atoms with Crippen molar-refractivity contribution in [3.63, 3.8) is 0 Å². The van der Waals surface area contributed by atoms with Gasteiger partial charge < -0.3 is 14.1 Å². The highest BCUT2D eigenvalue weighted by atomic mass is 32.2. The highest BCUT2D eigenvalue weighted by Crippen LogP contribution is 2.25. The van der Waals surface area contributed by atoms with E-state index in [-0.39, 0.29) is 23.3 Å². The standard InChI is InChI=1S/C20H21N3O4S/c1-14(18(24)22-8-11-26-12-9-22)28-20-21-17-7-3-2-6-16(17)19(25)23(20)13-15-5-4-10-27-15/h2-7,10,14H,8-9,11-13H2,1H3/t14-/m1/s1. The summed E-state index contributed by atoms with van der Waals surface area (Å²) in [5.41, 5.74) is 0.479. The fraction of sp³-hybridized carbons (Fsp3) is 0.350. The maximum Gasteiger partial charge on any atom is 0.262 e. The Kier molecular flexibility index (Phi) is 5.50. The normalized spacial score (nSPS) is 15.7. The van der Waals surface area contributed by atoms with Gasteiger partial charge in [0, 0.05) is 13.1 Å². The number of aromatic nitrogens is 2. The molecule has 0 N–H and O–H groups in total. The van der Waals surface area contributed by atoms with Crippen molar-refractivity contribution in [3.8, 4) is 0 Å². The quantitative estimate of drug-likeness (QED) is 0.484. The molecule has 4 rings (SSSR count). The number of para-hydroxylation sites is 1. The Balaban J connectivity index is 1.68. The lowest BCUT2D eigenvalue weighted by Gasteiger charge is -2.29. The van der Waals surface area contributed by atoms with Crippen molar-refractivity contribution in [2.45, 2.75) is 23.9 Å². The molecule has 3 heterocycles. The smallest absolute Gasteiger partial charge is 0.262 e. The number of hydrogen-bond acceptors (Lipinski definition) is 6. The van der Waals surface area contributed by atoms with Crippen molar-refractivity contribution >= 4 is 28.6 Å². The van der Waals surface area contributed by atoms with Crippen LogP contribution in [0.25, 0.3) is 10.9 Å². The van der Waals surface area contributed by atoms with E-state index in [4.69, 9.17) is 9.15 Å². The monoisotopic (exact) mass is 399 g/mol. The van der Waals surface area contributed by atoms with E-state index in [0.29, 0.717) is 48.1 Å². The molecule has 2 aromatic heterocycles. The number of ether oxygens (including phenoxy) is 1.